The molecule has 0 amide bonds. The van der Waals surface area contributed by atoms with Gasteiger partial charge in [0.2, 0.25) is 0 Å². The predicted octanol–water partition coefficient (Wildman–Crippen LogP) is 15.2. The summed E-state index contributed by atoms with van der Waals surface area (Å²) in [5.74, 6) is -0.0729. The monoisotopic (exact) mass is 904 g/mol. The Balaban J connectivity index is 0.000000154. The molecule has 6 heteroatoms. The molecule has 0 aromatic heterocycles. The molecule has 10 rings (SSSR count). The van der Waals surface area contributed by atoms with Crippen molar-refractivity contribution in [2.75, 3.05) is 0 Å². The fourth-order valence-electron chi connectivity index (χ4n) is 8.37. The molecule has 60 heavy (non-hydrogen) atoms. The smallest absolute Gasteiger partial charge is 0.154 e. The van der Waals surface area contributed by atoms with Crippen LogP contribution in [0.2, 0.25) is 0 Å². The second-order valence-electron chi connectivity index (χ2n) is 14.4. The molecule has 0 spiro atoms. The third kappa shape index (κ3) is 6.64. The van der Waals surface area contributed by atoms with Crippen LogP contribution in [0, 0.1) is 0 Å². The number of halogens is 2. The van der Waals surface area contributed by atoms with Gasteiger partial charge in [-0.3, -0.25) is 9.59 Å². The van der Waals surface area contributed by atoms with E-state index in [1.165, 1.54) is 0 Å². The summed E-state index contributed by atoms with van der Waals surface area (Å²) in [6, 6.07) is 60.6. The SMILES string of the molecule is O=Cc1c(O)c(Br)c2ccccc2c1-c1c(-c2ccccc2)ccc2ccccc12.O=Cc1c(O)c(Br)c2ccccc2c1-c1c(-c2ccccc2)ccc2ccccc12. The van der Waals surface area contributed by atoms with Crippen LogP contribution in [0.4, 0.5) is 0 Å². The second-order valence-corrected chi connectivity index (χ2v) is 16.0. The molecular formula is C54H34Br2O4. The highest BCUT2D eigenvalue weighted by atomic mass is 79.9. The van der Waals surface area contributed by atoms with Crippen molar-refractivity contribution in [3.8, 4) is 56.0 Å². The zero-order valence-electron chi connectivity index (χ0n) is 31.9. The molecule has 0 bridgehead atoms. The molecule has 0 saturated heterocycles. The lowest BCUT2D eigenvalue weighted by molar-refractivity contribution is 0.111. The van der Waals surface area contributed by atoms with E-state index < -0.39 is 0 Å². The summed E-state index contributed by atoms with van der Waals surface area (Å²) in [5.41, 5.74) is 8.11. The first-order valence-electron chi connectivity index (χ1n) is 19.3. The third-order valence-electron chi connectivity index (χ3n) is 11.1. The zero-order chi connectivity index (χ0) is 41.3. The van der Waals surface area contributed by atoms with Crippen molar-refractivity contribution in [1.82, 2.24) is 0 Å². The van der Waals surface area contributed by atoms with Crippen molar-refractivity contribution in [1.29, 1.82) is 0 Å². The lowest BCUT2D eigenvalue weighted by atomic mass is 9.85. The fraction of sp³-hybridized carbons (Fsp3) is 0. The molecule has 2 N–H and O–H groups in total. The van der Waals surface area contributed by atoms with Gasteiger partial charge in [0.25, 0.3) is 0 Å². The van der Waals surface area contributed by atoms with Crippen molar-refractivity contribution in [3.63, 3.8) is 0 Å². The summed E-state index contributed by atoms with van der Waals surface area (Å²) in [7, 11) is 0. The van der Waals surface area contributed by atoms with Gasteiger partial charge < -0.3 is 10.2 Å². The maximum Gasteiger partial charge on any atom is 0.154 e. The highest BCUT2D eigenvalue weighted by molar-refractivity contribution is 9.11. The number of rotatable bonds is 6. The molecule has 0 atom stereocenters. The number of phenolic OH excluding ortho intramolecular Hbond substituents is 2. The molecule has 0 aliphatic rings. The number of hydrogen-bond donors (Lipinski definition) is 2. The summed E-state index contributed by atoms with van der Waals surface area (Å²) in [6.07, 6.45) is 1.50. The predicted molar refractivity (Wildman–Crippen MR) is 254 cm³/mol. The Bertz CT molecular complexity index is 3070. The van der Waals surface area contributed by atoms with Crippen molar-refractivity contribution in [2.45, 2.75) is 0 Å². The van der Waals surface area contributed by atoms with Crippen molar-refractivity contribution in [3.05, 3.63) is 202 Å². The molecule has 0 fully saturated rings. The van der Waals surface area contributed by atoms with E-state index >= 15 is 0 Å². The summed E-state index contributed by atoms with van der Waals surface area (Å²) in [4.78, 5) is 24.4. The van der Waals surface area contributed by atoms with Crippen LogP contribution in [0.15, 0.2) is 191 Å². The standard InChI is InChI=1S/2C27H17BrO2/c2*28-26-22-13-7-6-12-21(22)25(23(16-29)27(26)30)24-19-11-5-4-10-18(19)14-15-20(24)17-8-2-1-3-9-17/h2*1-16,30H. The maximum absolute atomic E-state index is 12.2. The van der Waals surface area contributed by atoms with Gasteiger partial charge in [-0.05, 0) is 97.6 Å². The van der Waals surface area contributed by atoms with E-state index in [-0.39, 0.29) is 22.6 Å². The van der Waals surface area contributed by atoms with Gasteiger partial charge in [-0.15, -0.1) is 0 Å². The van der Waals surface area contributed by atoms with Crippen LogP contribution in [0.3, 0.4) is 0 Å². The number of fused-ring (bicyclic) bond motifs is 4. The summed E-state index contributed by atoms with van der Waals surface area (Å²) in [5, 5.41) is 29.6. The molecular weight excluding hydrogens is 872 g/mol. The first kappa shape index (κ1) is 38.6. The number of aldehydes is 2. The molecule has 0 aliphatic heterocycles. The summed E-state index contributed by atoms with van der Waals surface area (Å²) < 4.78 is 1.07. The number of phenols is 2. The molecule has 0 unspecified atom stereocenters. The van der Waals surface area contributed by atoms with Crippen LogP contribution in [0.25, 0.3) is 87.6 Å². The van der Waals surface area contributed by atoms with E-state index in [1.807, 2.05) is 109 Å². The number of hydrogen-bond acceptors (Lipinski definition) is 4. The molecule has 10 aromatic carbocycles. The highest BCUT2D eigenvalue weighted by Crippen LogP contribution is 2.49. The minimum atomic E-state index is -0.0364. The Kier molecular flexibility index (Phi) is 10.6. The lowest BCUT2D eigenvalue weighted by Gasteiger charge is -2.19. The van der Waals surface area contributed by atoms with Gasteiger partial charge in [-0.1, -0.05) is 182 Å². The van der Waals surface area contributed by atoms with Crippen molar-refractivity contribution in [2.24, 2.45) is 0 Å². The van der Waals surface area contributed by atoms with E-state index in [1.54, 1.807) is 0 Å². The Hall–Kier alpha value is -6.86. The van der Waals surface area contributed by atoms with Gasteiger partial charge in [0.15, 0.2) is 12.6 Å². The fourth-order valence-corrected chi connectivity index (χ4v) is 9.49. The van der Waals surface area contributed by atoms with Crippen molar-refractivity contribution >= 4 is 87.5 Å². The number of aromatic hydroxyl groups is 2. The van der Waals surface area contributed by atoms with Gasteiger partial charge >= 0.3 is 0 Å². The first-order chi connectivity index (χ1) is 29.4. The third-order valence-corrected chi connectivity index (χ3v) is 12.7. The average Bonchev–Trinajstić information content (AvgIpc) is 3.31. The summed E-state index contributed by atoms with van der Waals surface area (Å²) >= 11 is 6.97. The van der Waals surface area contributed by atoms with Gasteiger partial charge in [0, 0.05) is 21.9 Å². The van der Waals surface area contributed by atoms with Crippen molar-refractivity contribution < 1.29 is 19.8 Å². The molecule has 0 heterocycles. The van der Waals surface area contributed by atoms with Crippen LogP contribution in [0.1, 0.15) is 20.7 Å². The van der Waals surface area contributed by atoms with Crippen LogP contribution >= 0.6 is 31.9 Å². The van der Waals surface area contributed by atoms with E-state index in [2.05, 4.69) is 105 Å². The van der Waals surface area contributed by atoms with E-state index in [0.717, 1.165) is 100 Å². The maximum atomic E-state index is 12.2. The largest absolute Gasteiger partial charge is 0.506 e. The Labute approximate surface area is 363 Å². The Morgan fingerprint density at radius 3 is 1.02 bits per heavy atom. The minimum absolute atomic E-state index is 0.0364. The number of carbonyl (C=O) groups is 2. The van der Waals surface area contributed by atoms with Gasteiger partial charge in [0.1, 0.15) is 11.5 Å². The zero-order valence-corrected chi connectivity index (χ0v) is 35.1. The van der Waals surface area contributed by atoms with Crippen LogP contribution < -0.4 is 0 Å². The lowest BCUT2D eigenvalue weighted by Crippen LogP contribution is -1.96. The molecule has 0 aliphatic carbocycles. The van der Waals surface area contributed by atoms with E-state index in [4.69, 9.17) is 0 Å². The molecule has 288 valence electrons. The highest BCUT2D eigenvalue weighted by Gasteiger charge is 2.24. The number of carbonyl (C=O) groups excluding carboxylic acids is 2. The van der Waals surface area contributed by atoms with Crippen LogP contribution in [-0.4, -0.2) is 22.8 Å². The Morgan fingerprint density at radius 1 is 0.333 bits per heavy atom. The van der Waals surface area contributed by atoms with E-state index in [9.17, 15) is 19.8 Å². The summed E-state index contributed by atoms with van der Waals surface area (Å²) in [6.45, 7) is 0. The molecule has 0 saturated carbocycles. The van der Waals surface area contributed by atoms with Gasteiger partial charge in [-0.25, -0.2) is 0 Å². The molecule has 4 nitrogen and oxygen atoms in total. The Morgan fingerprint density at radius 2 is 0.650 bits per heavy atom. The molecule has 0 radical (unpaired) electrons. The second kappa shape index (κ2) is 16.4. The van der Waals surface area contributed by atoms with Crippen LogP contribution in [0.5, 0.6) is 11.5 Å². The molecule has 10 aromatic rings. The average molecular weight is 907 g/mol. The minimum Gasteiger partial charge on any atom is -0.506 e. The first-order valence-corrected chi connectivity index (χ1v) is 20.9. The van der Waals surface area contributed by atoms with Gasteiger partial charge in [-0.2, -0.15) is 0 Å². The van der Waals surface area contributed by atoms with E-state index in [0.29, 0.717) is 8.95 Å². The van der Waals surface area contributed by atoms with Gasteiger partial charge in [0.05, 0.1) is 20.1 Å². The van der Waals surface area contributed by atoms with Crippen LogP contribution in [-0.2, 0) is 0 Å². The topological polar surface area (TPSA) is 74.6 Å². The normalized spacial score (nSPS) is 11.1. The quantitative estimate of drug-likeness (QED) is 0.163. The number of benzene rings is 10.